The van der Waals surface area contributed by atoms with Crippen LogP contribution in [0, 0.1) is 0 Å². The molecule has 1 heterocycles. The molecule has 0 spiro atoms. The topological polar surface area (TPSA) is 94.2 Å². The molecule has 1 N–H and O–H groups in total. The number of nitrogens with one attached hydrogen (secondary N) is 1. The molecule has 1 aliphatic heterocycles. The molecule has 2 aromatic carbocycles. The van der Waals surface area contributed by atoms with Crippen molar-refractivity contribution in [2.24, 2.45) is 0 Å². The number of carbonyl (C=O) groups is 1. The van der Waals surface area contributed by atoms with E-state index in [2.05, 4.69) is 5.32 Å². The summed E-state index contributed by atoms with van der Waals surface area (Å²) in [6, 6.07) is 9.80. The van der Waals surface area contributed by atoms with Crippen molar-refractivity contribution in [3.05, 3.63) is 48.0 Å². The highest BCUT2D eigenvalue weighted by Crippen LogP contribution is 2.31. The van der Waals surface area contributed by atoms with E-state index in [-0.39, 0.29) is 4.90 Å². The third-order valence-corrected chi connectivity index (χ3v) is 7.21. The molecular weight excluding hydrogens is 444 g/mol. The van der Waals surface area contributed by atoms with Crippen molar-refractivity contribution in [3.8, 4) is 17.2 Å². The van der Waals surface area contributed by atoms with Crippen LogP contribution in [0.3, 0.4) is 0 Å². The average Bonchev–Trinajstić information content (AvgIpc) is 2.84. The number of amides is 1. The predicted octanol–water partition coefficient (Wildman–Crippen LogP) is 3.93. The van der Waals surface area contributed by atoms with E-state index in [1.165, 1.54) is 22.5 Å². The van der Waals surface area contributed by atoms with Gasteiger partial charge in [0.1, 0.15) is 17.2 Å². The smallest absolute Gasteiger partial charge is 0.248 e. The van der Waals surface area contributed by atoms with Crippen molar-refractivity contribution < 1.29 is 27.4 Å². The lowest BCUT2D eigenvalue weighted by Gasteiger charge is -2.26. The lowest BCUT2D eigenvalue weighted by Crippen LogP contribution is -2.35. The van der Waals surface area contributed by atoms with E-state index in [1.54, 1.807) is 44.6 Å². The summed E-state index contributed by atoms with van der Waals surface area (Å²) >= 11 is 0. The Labute approximate surface area is 195 Å². The van der Waals surface area contributed by atoms with Crippen LogP contribution in [0.25, 0.3) is 6.08 Å². The van der Waals surface area contributed by atoms with Crippen LogP contribution in [0.2, 0.25) is 0 Å². The molecule has 1 saturated heterocycles. The molecule has 0 radical (unpaired) electrons. The molecule has 178 valence electrons. The minimum Gasteiger partial charge on any atom is -0.497 e. The number of carbonyl (C=O) groups excluding carboxylic acids is 1. The molecule has 1 amide bonds. The first kappa shape index (κ1) is 24.6. The van der Waals surface area contributed by atoms with E-state index in [4.69, 9.17) is 14.2 Å². The molecule has 0 unspecified atom stereocenters. The Morgan fingerprint density at radius 1 is 1.03 bits per heavy atom. The molecule has 9 heteroatoms. The van der Waals surface area contributed by atoms with Gasteiger partial charge in [0.15, 0.2) is 0 Å². The fourth-order valence-electron chi connectivity index (χ4n) is 3.61. The van der Waals surface area contributed by atoms with Crippen LogP contribution in [-0.2, 0) is 14.8 Å². The van der Waals surface area contributed by atoms with E-state index in [0.29, 0.717) is 48.2 Å². The predicted molar refractivity (Wildman–Crippen MR) is 127 cm³/mol. The van der Waals surface area contributed by atoms with Gasteiger partial charge in [-0.2, -0.15) is 4.31 Å². The van der Waals surface area contributed by atoms with Crippen molar-refractivity contribution in [1.29, 1.82) is 0 Å². The summed E-state index contributed by atoms with van der Waals surface area (Å²) in [5.74, 6) is 1.18. The summed E-state index contributed by atoms with van der Waals surface area (Å²) in [5.41, 5.74) is 0.959. The quantitative estimate of drug-likeness (QED) is 0.554. The van der Waals surface area contributed by atoms with Gasteiger partial charge in [-0.25, -0.2) is 8.42 Å². The Balaban J connectivity index is 1.85. The van der Waals surface area contributed by atoms with Crippen LogP contribution in [0.15, 0.2) is 47.4 Å². The van der Waals surface area contributed by atoms with Gasteiger partial charge in [0.25, 0.3) is 0 Å². The van der Waals surface area contributed by atoms with Gasteiger partial charge in [0.2, 0.25) is 15.9 Å². The number of rotatable bonds is 9. The van der Waals surface area contributed by atoms with Gasteiger partial charge in [-0.05, 0) is 62.2 Å². The highest BCUT2D eigenvalue weighted by atomic mass is 32.2. The SMILES string of the molecule is CCOc1ccc(S(=O)(=O)N2CCCCC2)cc1NC(=O)C=Cc1cc(OC)ccc1OC. The average molecular weight is 475 g/mol. The number of nitrogens with zero attached hydrogens (tertiary/aromatic N) is 1. The molecule has 33 heavy (non-hydrogen) atoms. The van der Waals surface area contributed by atoms with Crippen LogP contribution in [0.4, 0.5) is 5.69 Å². The third-order valence-electron chi connectivity index (χ3n) is 5.31. The highest BCUT2D eigenvalue weighted by Gasteiger charge is 2.27. The number of sulfonamides is 1. The second-order valence-electron chi connectivity index (χ2n) is 7.49. The maximum absolute atomic E-state index is 13.1. The van der Waals surface area contributed by atoms with Gasteiger partial charge in [0.05, 0.1) is 31.4 Å². The van der Waals surface area contributed by atoms with E-state index in [0.717, 1.165) is 19.3 Å². The lowest BCUT2D eigenvalue weighted by molar-refractivity contribution is -0.111. The summed E-state index contributed by atoms with van der Waals surface area (Å²) in [4.78, 5) is 12.8. The monoisotopic (exact) mass is 474 g/mol. The summed E-state index contributed by atoms with van der Waals surface area (Å²) in [5, 5.41) is 2.74. The molecule has 1 fully saturated rings. The van der Waals surface area contributed by atoms with Gasteiger partial charge in [-0.3, -0.25) is 4.79 Å². The normalized spacial score (nSPS) is 14.8. The summed E-state index contributed by atoms with van der Waals surface area (Å²) in [6.45, 7) is 3.20. The van der Waals surface area contributed by atoms with Crippen molar-refractivity contribution in [2.45, 2.75) is 31.1 Å². The molecule has 0 saturated carbocycles. The molecule has 8 nitrogen and oxygen atoms in total. The number of methoxy groups -OCH3 is 2. The fraction of sp³-hybridized carbons (Fsp3) is 0.375. The number of hydrogen-bond donors (Lipinski definition) is 1. The standard InChI is InChI=1S/C24H30N2O6S/c1-4-32-23-12-10-20(33(28,29)26-14-6-5-7-15-26)17-21(23)25-24(27)13-8-18-16-19(30-2)9-11-22(18)31-3/h8-13,16-17H,4-7,14-15H2,1-3H3,(H,25,27). The molecule has 0 atom stereocenters. The molecule has 0 aliphatic carbocycles. The number of hydrogen-bond acceptors (Lipinski definition) is 6. The zero-order chi connectivity index (χ0) is 23.8. The van der Waals surface area contributed by atoms with E-state index >= 15 is 0 Å². The lowest BCUT2D eigenvalue weighted by atomic mass is 10.1. The number of ether oxygens (including phenoxy) is 3. The Bertz CT molecular complexity index is 1110. The number of benzene rings is 2. The molecule has 0 aromatic heterocycles. The Kier molecular flexibility index (Phi) is 8.35. The molecule has 0 bridgehead atoms. The van der Waals surface area contributed by atoms with Crippen molar-refractivity contribution in [1.82, 2.24) is 4.31 Å². The Hall–Kier alpha value is -3.04. The van der Waals surface area contributed by atoms with Gasteiger partial charge in [-0.1, -0.05) is 6.42 Å². The highest BCUT2D eigenvalue weighted by molar-refractivity contribution is 7.89. The van der Waals surface area contributed by atoms with Crippen LogP contribution < -0.4 is 19.5 Å². The van der Waals surface area contributed by atoms with E-state index in [9.17, 15) is 13.2 Å². The summed E-state index contributed by atoms with van der Waals surface area (Å²) < 4.78 is 43.8. The molecule has 1 aliphatic rings. The largest absolute Gasteiger partial charge is 0.497 e. The van der Waals surface area contributed by atoms with Crippen LogP contribution in [0.5, 0.6) is 17.2 Å². The van der Waals surface area contributed by atoms with Crippen LogP contribution >= 0.6 is 0 Å². The molecular formula is C24H30N2O6S. The number of piperidine rings is 1. The number of anilines is 1. The Morgan fingerprint density at radius 2 is 1.76 bits per heavy atom. The molecule has 2 aromatic rings. The van der Waals surface area contributed by atoms with Gasteiger partial charge in [0, 0.05) is 24.7 Å². The van der Waals surface area contributed by atoms with Gasteiger partial charge in [-0.15, -0.1) is 0 Å². The first-order chi connectivity index (χ1) is 15.9. The summed E-state index contributed by atoms with van der Waals surface area (Å²) in [6.07, 6.45) is 5.67. The van der Waals surface area contributed by atoms with Crippen molar-refractivity contribution >= 4 is 27.7 Å². The van der Waals surface area contributed by atoms with Gasteiger partial charge >= 0.3 is 0 Å². The second-order valence-corrected chi connectivity index (χ2v) is 9.42. The first-order valence-electron chi connectivity index (χ1n) is 10.9. The fourth-order valence-corrected chi connectivity index (χ4v) is 5.16. The van der Waals surface area contributed by atoms with Crippen molar-refractivity contribution in [3.63, 3.8) is 0 Å². The minimum absolute atomic E-state index is 0.126. The van der Waals surface area contributed by atoms with E-state index in [1.807, 2.05) is 6.92 Å². The first-order valence-corrected chi connectivity index (χ1v) is 12.3. The maximum atomic E-state index is 13.1. The molecule has 3 rings (SSSR count). The van der Waals surface area contributed by atoms with E-state index < -0.39 is 15.9 Å². The van der Waals surface area contributed by atoms with Gasteiger partial charge < -0.3 is 19.5 Å². The second kappa shape index (κ2) is 11.2. The zero-order valence-electron chi connectivity index (χ0n) is 19.2. The van der Waals surface area contributed by atoms with Crippen molar-refractivity contribution in [2.75, 3.05) is 39.2 Å². The minimum atomic E-state index is -3.65. The van der Waals surface area contributed by atoms with Crippen LogP contribution in [0.1, 0.15) is 31.7 Å². The Morgan fingerprint density at radius 3 is 2.42 bits per heavy atom. The third kappa shape index (κ3) is 6.06. The summed E-state index contributed by atoms with van der Waals surface area (Å²) in [7, 11) is -0.545. The maximum Gasteiger partial charge on any atom is 0.248 e. The zero-order valence-corrected chi connectivity index (χ0v) is 20.0. The van der Waals surface area contributed by atoms with Crippen LogP contribution in [-0.4, -0.2) is 52.5 Å².